The van der Waals surface area contributed by atoms with E-state index in [2.05, 4.69) is 10.1 Å². The summed E-state index contributed by atoms with van der Waals surface area (Å²) in [5.74, 6) is 1.89. The van der Waals surface area contributed by atoms with Gasteiger partial charge in [-0.1, -0.05) is 41.0 Å². The van der Waals surface area contributed by atoms with Crippen LogP contribution in [0.1, 0.15) is 29.2 Å². The Bertz CT molecular complexity index is 1180. The lowest BCUT2D eigenvalue weighted by molar-refractivity contribution is -0.132. The number of thiophene rings is 1. The highest BCUT2D eigenvalue weighted by Crippen LogP contribution is 2.23. The third kappa shape index (κ3) is 6.21. The number of carbonyl (C=O) groups excluding carboxylic acids is 1. The quantitative estimate of drug-likeness (QED) is 0.277. The molecule has 6 nitrogen and oxygen atoms in total. The number of aryl methyl sites for hydroxylation is 1. The van der Waals surface area contributed by atoms with Crippen LogP contribution in [0.25, 0.3) is 11.4 Å². The molecular formula is C25H24ClN3O3S. The van der Waals surface area contributed by atoms with E-state index in [9.17, 15) is 4.79 Å². The summed E-state index contributed by atoms with van der Waals surface area (Å²) in [6.07, 6.45) is 1.54. The number of aromatic nitrogens is 2. The predicted octanol–water partition coefficient (Wildman–Crippen LogP) is 6.01. The van der Waals surface area contributed by atoms with Crippen molar-refractivity contribution in [2.45, 2.75) is 32.4 Å². The van der Waals surface area contributed by atoms with Gasteiger partial charge < -0.3 is 14.2 Å². The van der Waals surface area contributed by atoms with Crippen molar-refractivity contribution in [1.82, 2.24) is 15.0 Å². The molecule has 0 unspecified atom stereocenters. The van der Waals surface area contributed by atoms with Crippen molar-refractivity contribution < 1.29 is 14.1 Å². The number of hydrogen-bond acceptors (Lipinski definition) is 6. The van der Waals surface area contributed by atoms with E-state index in [1.165, 1.54) is 0 Å². The third-order valence-electron chi connectivity index (χ3n) is 5.19. The molecule has 0 saturated carbocycles. The van der Waals surface area contributed by atoms with Crippen molar-refractivity contribution in [2.24, 2.45) is 0 Å². The van der Waals surface area contributed by atoms with Crippen LogP contribution in [-0.2, 0) is 24.3 Å². The molecule has 8 heteroatoms. The molecule has 170 valence electrons. The number of halogens is 1. The monoisotopic (exact) mass is 481 g/mol. The summed E-state index contributed by atoms with van der Waals surface area (Å²) in [4.78, 5) is 20.6. The van der Waals surface area contributed by atoms with Crippen molar-refractivity contribution in [3.05, 3.63) is 87.4 Å². The number of ether oxygens (including phenoxy) is 1. The molecule has 0 saturated heterocycles. The molecule has 0 aliphatic rings. The van der Waals surface area contributed by atoms with Crippen LogP contribution in [0.3, 0.4) is 0 Å². The average Bonchev–Trinajstić information content (AvgIpc) is 3.52. The molecule has 4 rings (SSSR count). The topological polar surface area (TPSA) is 68.5 Å². The standard InChI is InChI=1S/C25H24ClN3O3S/c1-31-22-8-3-2-6-19(22)16-29(17-21-7-5-15-33-21)24(30)10-4-9-23-27-25(28-32-23)18-11-13-20(26)14-12-18/h2-3,5-8,11-15H,4,9-10,16-17H2,1H3. The maximum atomic E-state index is 13.1. The maximum Gasteiger partial charge on any atom is 0.226 e. The number of methoxy groups -OCH3 is 1. The number of carbonyl (C=O) groups is 1. The second kappa shape index (κ2) is 11.1. The zero-order valence-electron chi connectivity index (χ0n) is 18.2. The number of benzene rings is 2. The third-order valence-corrected chi connectivity index (χ3v) is 6.30. The van der Waals surface area contributed by atoms with Crippen LogP contribution in [-0.4, -0.2) is 28.1 Å². The Hall–Kier alpha value is -3.16. The Kier molecular flexibility index (Phi) is 7.75. The van der Waals surface area contributed by atoms with E-state index in [1.54, 1.807) is 30.6 Å². The van der Waals surface area contributed by atoms with Gasteiger partial charge in [0, 0.05) is 40.4 Å². The Morgan fingerprint density at radius 3 is 2.67 bits per heavy atom. The van der Waals surface area contributed by atoms with Gasteiger partial charge in [-0.05, 0) is 48.2 Å². The largest absolute Gasteiger partial charge is 0.496 e. The fraction of sp³-hybridized carbons (Fsp3) is 0.240. The first-order valence-corrected chi connectivity index (χ1v) is 11.9. The van der Waals surface area contributed by atoms with E-state index in [0.717, 1.165) is 21.8 Å². The Morgan fingerprint density at radius 2 is 1.91 bits per heavy atom. The van der Waals surface area contributed by atoms with Gasteiger partial charge >= 0.3 is 0 Å². The summed E-state index contributed by atoms with van der Waals surface area (Å²) in [7, 11) is 1.65. The number of rotatable bonds is 10. The van der Waals surface area contributed by atoms with Crippen LogP contribution in [0.2, 0.25) is 5.02 Å². The van der Waals surface area contributed by atoms with E-state index in [1.807, 2.05) is 58.8 Å². The lowest BCUT2D eigenvalue weighted by Gasteiger charge is -2.23. The Balaban J connectivity index is 1.38. The lowest BCUT2D eigenvalue weighted by Crippen LogP contribution is -2.29. The minimum Gasteiger partial charge on any atom is -0.496 e. The second-order valence-electron chi connectivity index (χ2n) is 7.51. The predicted molar refractivity (Wildman–Crippen MR) is 129 cm³/mol. The first-order chi connectivity index (χ1) is 16.1. The molecule has 0 atom stereocenters. The van der Waals surface area contributed by atoms with Gasteiger partial charge in [0.1, 0.15) is 5.75 Å². The summed E-state index contributed by atoms with van der Waals surface area (Å²) < 4.78 is 10.8. The van der Waals surface area contributed by atoms with Crippen molar-refractivity contribution in [3.8, 4) is 17.1 Å². The van der Waals surface area contributed by atoms with Crippen molar-refractivity contribution >= 4 is 28.8 Å². The van der Waals surface area contributed by atoms with E-state index in [-0.39, 0.29) is 5.91 Å². The molecule has 0 N–H and O–H groups in total. The maximum absolute atomic E-state index is 13.1. The minimum atomic E-state index is 0.0757. The van der Waals surface area contributed by atoms with Crippen LogP contribution >= 0.6 is 22.9 Å². The van der Waals surface area contributed by atoms with Gasteiger partial charge in [-0.25, -0.2) is 0 Å². The lowest BCUT2D eigenvalue weighted by atomic mass is 10.1. The van der Waals surface area contributed by atoms with Crippen LogP contribution in [0, 0.1) is 0 Å². The summed E-state index contributed by atoms with van der Waals surface area (Å²) in [5, 5.41) is 6.71. The van der Waals surface area contributed by atoms with Gasteiger partial charge in [0.2, 0.25) is 17.6 Å². The zero-order chi connectivity index (χ0) is 23.0. The molecular weight excluding hydrogens is 458 g/mol. The first kappa shape index (κ1) is 23.0. The molecule has 0 radical (unpaired) electrons. The highest BCUT2D eigenvalue weighted by Gasteiger charge is 2.18. The second-order valence-corrected chi connectivity index (χ2v) is 8.98. The molecule has 0 aliphatic heterocycles. The minimum absolute atomic E-state index is 0.0757. The van der Waals surface area contributed by atoms with Gasteiger partial charge in [-0.3, -0.25) is 4.79 Å². The molecule has 1 amide bonds. The Labute approximate surface area is 201 Å². The van der Waals surface area contributed by atoms with Crippen molar-refractivity contribution in [2.75, 3.05) is 7.11 Å². The highest BCUT2D eigenvalue weighted by molar-refractivity contribution is 7.09. The summed E-state index contributed by atoms with van der Waals surface area (Å²) >= 11 is 7.58. The molecule has 2 aromatic carbocycles. The molecule has 0 bridgehead atoms. The van der Waals surface area contributed by atoms with Gasteiger partial charge in [-0.2, -0.15) is 4.98 Å². The van der Waals surface area contributed by atoms with E-state index < -0.39 is 0 Å². The van der Waals surface area contributed by atoms with Gasteiger partial charge in [0.05, 0.1) is 13.7 Å². The molecule has 0 spiro atoms. The zero-order valence-corrected chi connectivity index (χ0v) is 19.8. The van der Waals surface area contributed by atoms with Crippen LogP contribution in [0.4, 0.5) is 0 Å². The number of nitrogens with zero attached hydrogens (tertiary/aromatic N) is 3. The summed E-state index contributed by atoms with van der Waals surface area (Å²) in [6, 6.07) is 19.1. The van der Waals surface area contributed by atoms with Crippen LogP contribution < -0.4 is 4.74 Å². The van der Waals surface area contributed by atoms with E-state index in [0.29, 0.717) is 49.1 Å². The molecule has 2 heterocycles. The van der Waals surface area contributed by atoms with E-state index in [4.69, 9.17) is 20.9 Å². The first-order valence-electron chi connectivity index (χ1n) is 10.6. The highest BCUT2D eigenvalue weighted by atomic mass is 35.5. The molecule has 0 aliphatic carbocycles. The van der Waals surface area contributed by atoms with Gasteiger partial charge in [0.25, 0.3) is 0 Å². The fourth-order valence-electron chi connectivity index (χ4n) is 3.48. The summed E-state index contributed by atoms with van der Waals surface area (Å²) in [5.41, 5.74) is 1.82. The number of hydrogen-bond donors (Lipinski definition) is 0. The van der Waals surface area contributed by atoms with E-state index >= 15 is 0 Å². The molecule has 0 fully saturated rings. The van der Waals surface area contributed by atoms with Crippen molar-refractivity contribution in [1.29, 1.82) is 0 Å². The van der Waals surface area contributed by atoms with Crippen LogP contribution in [0.15, 0.2) is 70.6 Å². The normalized spacial score (nSPS) is 10.8. The molecule has 33 heavy (non-hydrogen) atoms. The summed E-state index contributed by atoms with van der Waals surface area (Å²) in [6.45, 7) is 1.05. The van der Waals surface area contributed by atoms with Gasteiger partial charge in [-0.15, -0.1) is 11.3 Å². The smallest absolute Gasteiger partial charge is 0.226 e. The molecule has 4 aromatic rings. The Morgan fingerprint density at radius 1 is 1.09 bits per heavy atom. The van der Waals surface area contributed by atoms with Crippen molar-refractivity contribution in [3.63, 3.8) is 0 Å². The van der Waals surface area contributed by atoms with Gasteiger partial charge in [0.15, 0.2) is 0 Å². The SMILES string of the molecule is COc1ccccc1CN(Cc1cccs1)C(=O)CCCc1nc(-c2ccc(Cl)cc2)no1. The molecule has 2 aromatic heterocycles. The number of para-hydroxylation sites is 1. The number of amides is 1. The average molecular weight is 482 g/mol. The fourth-order valence-corrected chi connectivity index (χ4v) is 4.33. The van der Waals surface area contributed by atoms with Crippen LogP contribution in [0.5, 0.6) is 5.75 Å².